The van der Waals surface area contributed by atoms with Crippen LogP contribution in [0.25, 0.3) is 0 Å². The molecule has 0 amide bonds. The Morgan fingerprint density at radius 2 is 1.64 bits per heavy atom. The third-order valence-corrected chi connectivity index (χ3v) is 3.42. The van der Waals surface area contributed by atoms with E-state index in [1.165, 1.54) is 6.07 Å². The zero-order chi connectivity index (χ0) is 16.5. The van der Waals surface area contributed by atoms with Crippen LogP contribution in [-0.2, 0) is 9.47 Å². The van der Waals surface area contributed by atoms with Gasteiger partial charge in [0.2, 0.25) is 0 Å². The highest BCUT2D eigenvalue weighted by atomic mass is 16.5. The Morgan fingerprint density at radius 1 is 1.05 bits per heavy atom. The van der Waals surface area contributed by atoms with Gasteiger partial charge in [0.25, 0.3) is 0 Å². The Labute approximate surface area is 132 Å². The molecule has 0 bridgehead atoms. The molecule has 0 aliphatic heterocycles. The van der Waals surface area contributed by atoms with Gasteiger partial charge in [0.05, 0.1) is 24.3 Å². The van der Waals surface area contributed by atoms with Crippen molar-refractivity contribution in [2.45, 2.75) is 40.5 Å². The summed E-state index contributed by atoms with van der Waals surface area (Å²) in [5.74, 6) is -0.00688. The molecule has 0 saturated heterocycles. The summed E-state index contributed by atoms with van der Waals surface area (Å²) in [6.07, 6.45) is 1.91. The van der Waals surface area contributed by atoms with E-state index in [-0.39, 0.29) is 5.92 Å². The first-order chi connectivity index (χ1) is 10.4. The van der Waals surface area contributed by atoms with Crippen LogP contribution in [0.15, 0.2) is 24.3 Å². The molecule has 0 aromatic heterocycles. The van der Waals surface area contributed by atoms with Crippen LogP contribution in [0.2, 0.25) is 0 Å². The van der Waals surface area contributed by atoms with Crippen LogP contribution in [-0.4, -0.2) is 25.2 Å². The highest BCUT2D eigenvalue weighted by Crippen LogP contribution is 2.11. The third kappa shape index (κ3) is 6.29. The first-order valence-corrected chi connectivity index (χ1v) is 7.88. The van der Waals surface area contributed by atoms with Crippen LogP contribution in [0.4, 0.5) is 0 Å². The summed E-state index contributed by atoms with van der Waals surface area (Å²) in [6, 6.07) is 6.47. The Hall–Kier alpha value is -1.84. The number of benzene rings is 1. The molecule has 1 unspecified atom stereocenters. The number of hydrogen-bond donors (Lipinski definition) is 0. The standard InChI is InChI=1S/C18H26O4/c1-5-14(4)9-10-21-17(19)15-7-6-8-16(11-15)18(20)22-12-13(2)3/h6-8,11,13-14H,5,9-10,12H2,1-4H3. The topological polar surface area (TPSA) is 52.6 Å². The van der Waals surface area contributed by atoms with Crippen LogP contribution in [0.1, 0.15) is 61.3 Å². The minimum absolute atomic E-state index is 0.276. The number of rotatable bonds is 8. The summed E-state index contributed by atoms with van der Waals surface area (Å²) in [4.78, 5) is 23.9. The average molecular weight is 306 g/mol. The molecule has 0 heterocycles. The summed E-state index contributed by atoms with van der Waals surface area (Å²) in [5, 5.41) is 0. The molecule has 4 nitrogen and oxygen atoms in total. The average Bonchev–Trinajstić information content (AvgIpc) is 2.52. The molecule has 1 atom stereocenters. The Kier molecular flexibility index (Phi) is 7.64. The van der Waals surface area contributed by atoms with Gasteiger partial charge in [-0.25, -0.2) is 9.59 Å². The molecular formula is C18H26O4. The molecule has 0 radical (unpaired) electrons. The van der Waals surface area contributed by atoms with Crippen LogP contribution in [0.5, 0.6) is 0 Å². The number of hydrogen-bond acceptors (Lipinski definition) is 4. The van der Waals surface area contributed by atoms with Crippen molar-refractivity contribution < 1.29 is 19.1 Å². The predicted octanol–water partition coefficient (Wildman–Crippen LogP) is 4.09. The molecule has 122 valence electrons. The van der Waals surface area contributed by atoms with E-state index >= 15 is 0 Å². The van der Waals surface area contributed by atoms with Gasteiger partial charge in [0.1, 0.15) is 0 Å². The molecule has 1 aromatic carbocycles. The minimum Gasteiger partial charge on any atom is -0.462 e. The molecule has 1 aromatic rings. The van der Waals surface area contributed by atoms with E-state index in [1.807, 2.05) is 13.8 Å². The largest absolute Gasteiger partial charge is 0.462 e. The lowest BCUT2D eigenvalue weighted by atomic mass is 10.1. The highest BCUT2D eigenvalue weighted by molar-refractivity contribution is 5.95. The highest BCUT2D eigenvalue weighted by Gasteiger charge is 2.13. The van der Waals surface area contributed by atoms with E-state index in [1.54, 1.807) is 18.2 Å². The summed E-state index contributed by atoms with van der Waals surface area (Å²) < 4.78 is 10.4. The Morgan fingerprint density at radius 3 is 2.18 bits per heavy atom. The second kappa shape index (κ2) is 9.23. The van der Waals surface area contributed by atoms with Crippen LogP contribution < -0.4 is 0 Å². The molecule has 22 heavy (non-hydrogen) atoms. The second-order valence-electron chi connectivity index (χ2n) is 6.01. The van der Waals surface area contributed by atoms with Gasteiger partial charge in [-0.15, -0.1) is 0 Å². The van der Waals surface area contributed by atoms with E-state index in [4.69, 9.17) is 9.47 Å². The smallest absolute Gasteiger partial charge is 0.338 e. The van der Waals surface area contributed by atoms with E-state index in [2.05, 4.69) is 13.8 Å². The summed E-state index contributed by atoms with van der Waals surface area (Å²) in [6.45, 7) is 8.94. The number of carbonyl (C=O) groups is 2. The maximum atomic E-state index is 12.0. The first kappa shape index (κ1) is 18.2. The molecule has 0 fully saturated rings. The van der Waals surface area contributed by atoms with Gasteiger partial charge in [-0.2, -0.15) is 0 Å². The molecule has 0 aliphatic carbocycles. The van der Waals surface area contributed by atoms with E-state index in [9.17, 15) is 9.59 Å². The summed E-state index contributed by atoms with van der Waals surface area (Å²) >= 11 is 0. The Bertz CT molecular complexity index is 494. The second-order valence-corrected chi connectivity index (χ2v) is 6.01. The zero-order valence-electron chi connectivity index (χ0n) is 13.9. The van der Waals surface area contributed by atoms with Gasteiger partial charge in [-0.3, -0.25) is 0 Å². The SMILES string of the molecule is CCC(C)CCOC(=O)c1cccc(C(=O)OCC(C)C)c1. The molecule has 0 saturated carbocycles. The van der Waals surface area contributed by atoms with Crippen molar-refractivity contribution >= 4 is 11.9 Å². The lowest BCUT2D eigenvalue weighted by molar-refractivity contribution is 0.0459. The van der Waals surface area contributed by atoms with Crippen molar-refractivity contribution in [3.8, 4) is 0 Å². The van der Waals surface area contributed by atoms with E-state index in [0.29, 0.717) is 30.3 Å². The molecule has 4 heteroatoms. The lowest BCUT2D eigenvalue weighted by Crippen LogP contribution is -2.12. The van der Waals surface area contributed by atoms with Crippen molar-refractivity contribution in [1.82, 2.24) is 0 Å². The fourth-order valence-electron chi connectivity index (χ4n) is 1.74. The number of carbonyl (C=O) groups excluding carboxylic acids is 2. The Balaban J connectivity index is 2.59. The van der Waals surface area contributed by atoms with Crippen molar-refractivity contribution in [3.63, 3.8) is 0 Å². The van der Waals surface area contributed by atoms with Gasteiger partial charge >= 0.3 is 11.9 Å². The van der Waals surface area contributed by atoms with Gasteiger partial charge in [-0.05, 0) is 36.5 Å². The van der Waals surface area contributed by atoms with Crippen LogP contribution in [0, 0.1) is 11.8 Å². The number of ether oxygens (including phenoxy) is 2. The van der Waals surface area contributed by atoms with E-state index in [0.717, 1.165) is 12.8 Å². The molecule has 0 aliphatic rings. The van der Waals surface area contributed by atoms with Crippen LogP contribution in [0.3, 0.4) is 0 Å². The third-order valence-electron chi connectivity index (χ3n) is 3.42. The van der Waals surface area contributed by atoms with Gasteiger partial charge < -0.3 is 9.47 Å². The normalized spacial score (nSPS) is 12.0. The molecule has 0 N–H and O–H groups in total. The van der Waals surface area contributed by atoms with Gasteiger partial charge in [0.15, 0.2) is 0 Å². The maximum absolute atomic E-state index is 12.0. The van der Waals surface area contributed by atoms with Gasteiger partial charge in [-0.1, -0.05) is 40.2 Å². The fraction of sp³-hybridized carbons (Fsp3) is 0.556. The lowest BCUT2D eigenvalue weighted by Gasteiger charge is -2.10. The van der Waals surface area contributed by atoms with Crippen molar-refractivity contribution in [2.75, 3.05) is 13.2 Å². The quantitative estimate of drug-likeness (QED) is 0.679. The monoisotopic (exact) mass is 306 g/mol. The van der Waals surface area contributed by atoms with Gasteiger partial charge in [0, 0.05) is 0 Å². The number of esters is 2. The maximum Gasteiger partial charge on any atom is 0.338 e. The van der Waals surface area contributed by atoms with Crippen molar-refractivity contribution in [3.05, 3.63) is 35.4 Å². The molecular weight excluding hydrogens is 280 g/mol. The minimum atomic E-state index is -0.414. The predicted molar refractivity (Wildman–Crippen MR) is 85.9 cm³/mol. The summed E-state index contributed by atoms with van der Waals surface area (Å²) in [5.41, 5.74) is 0.750. The summed E-state index contributed by atoms with van der Waals surface area (Å²) in [7, 11) is 0. The molecule has 1 rings (SSSR count). The fourth-order valence-corrected chi connectivity index (χ4v) is 1.74. The zero-order valence-corrected chi connectivity index (χ0v) is 13.9. The first-order valence-electron chi connectivity index (χ1n) is 7.88. The van der Waals surface area contributed by atoms with Crippen molar-refractivity contribution in [1.29, 1.82) is 0 Å². The van der Waals surface area contributed by atoms with Crippen molar-refractivity contribution in [2.24, 2.45) is 11.8 Å². The van der Waals surface area contributed by atoms with Crippen LogP contribution >= 0.6 is 0 Å². The van der Waals surface area contributed by atoms with E-state index < -0.39 is 11.9 Å². The molecule has 0 spiro atoms.